The molecule has 0 aliphatic carbocycles. The number of rotatable bonds is 5. The van der Waals surface area contributed by atoms with Crippen molar-refractivity contribution in [1.82, 2.24) is 10.0 Å². The van der Waals surface area contributed by atoms with Crippen molar-refractivity contribution in [1.29, 1.82) is 0 Å². The number of benzene rings is 1. The molecule has 2 rings (SSSR count). The van der Waals surface area contributed by atoms with E-state index in [1.165, 1.54) is 24.3 Å². The Hall–Kier alpha value is -0.980. The Morgan fingerprint density at radius 1 is 1.35 bits per heavy atom. The zero-order chi connectivity index (χ0) is 14.6. The fraction of sp³-hybridized carbons (Fsp3) is 0.571. The highest BCUT2D eigenvalue weighted by Crippen LogP contribution is 2.24. The molecule has 1 heterocycles. The minimum atomic E-state index is -3.39. The predicted octanol–water partition coefficient (Wildman–Crippen LogP) is 1.63. The second kappa shape index (κ2) is 6.20. The summed E-state index contributed by atoms with van der Waals surface area (Å²) in [5.41, 5.74) is 0.555. The van der Waals surface area contributed by atoms with Gasteiger partial charge in [-0.3, -0.25) is 0 Å². The maximum Gasteiger partial charge on any atom is 0.215 e. The second-order valence-electron chi connectivity index (χ2n) is 5.80. The van der Waals surface area contributed by atoms with Gasteiger partial charge in [0.15, 0.2) is 0 Å². The topological polar surface area (TPSA) is 58.2 Å². The molecule has 0 aromatic heterocycles. The highest BCUT2D eigenvalue weighted by atomic mass is 32.2. The van der Waals surface area contributed by atoms with Crippen molar-refractivity contribution in [2.24, 2.45) is 5.41 Å². The smallest absolute Gasteiger partial charge is 0.215 e. The molecule has 1 aromatic rings. The highest BCUT2D eigenvalue weighted by molar-refractivity contribution is 7.88. The summed E-state index contributed by atoms with van der Waals surface area (Å²) in [6, 6.07) is 5.55. The Morgan fingerprint density at radius 2 is 2.05 bits per heavy atom. The third-order valence-electron chi connectivity index (χ3n) is 3.67. The number of hydrogen-bond acceptors (Lipinski definition) is 3. The van der Waals surface area contributed by atoms with Crippen molar-refractivity contribution < 1.29 is 12.8 Å². The lowest BCUT2D eigenvalue weighted by Gasteiger charge is -2.34. The van der Waals surface area contributed by atoms with E-state index in [-0.39, 0.29) is 17.0 Å². The van der Waals surface area contributed by atoms with Gasteiger partial charge in [-0.05, 0) is 42.5 Å². The summed E-state index contributed by atoms with van der Waals surface area (Å²) in [6.45, 7) is 4.34. The maximum atomic E-state index is 12.8. The molecule has 1 unspecified atom stereocenters. The van der Waals surface area contributed by atoms with Gasteiger partial charge < -0.3 is 5.32 Å². The molecule has 1 aromatic carbocycles. The summed E-state index contributed by atoms with van der Waals surface area (Å²) in [5.74, 6) is -0.476. The van der Waals surface area contributed by atoms with Gasteiger partial charge in [0, 0.05) is 13.1 Å². The fourth-order valence-electron chi connectivity index (χ4n) is 2.40. The summed E-state index contributed by atoms with van der Waals surface area (Å²) >= 11 is 0. The van der Waals surface area contributed by atoms with E-state index < -0.39 is 10.0 Å². The Balaban J connectivity index is 1.92. The third kappa shape index (κ3) is 4.54. The van der Waals surface area contributed by atoms with Gasteiger partial charge in [-0.1, -0.05) is 19.1 Å². The van der Waals surface area contributed by atoms with Crippen LogP contribution >= 0.6 is 0 Å². The molecule has 1 saturated heterocycles. The van der Waals surface area contributed by atoms with Crippen LogP contribution in [-0.2, 0) is 15.8 Å². The molecule has 0 bridgehead atoms. The normalized spacial score (nSPS) is 23.7. The first-order chi connectivity index (χ1) is 9.39. The van der Waals surface area contributed by atoms with Crippen molar-refractivity contribution in [3.63, 3.8) is 0 Å². The average molecular weight is 300 g/mol. The van der Waals surface area contributed by atoms with Crippen LogP contribution in [0.4, 0.5) is 4.39 Å². The van der Waals surface area contributed by atoms with Crippen LogP contribution < -0.4 is 10.0 Å². The van der Waals surface area contributed by atoms with Crippen LogP contribution in [0.5, 0.6) is 0 Å². The highest BCUT2D eigenvalue weighted by Gasteiger charge is 2.28. The Labute approximate surface area is 119 Å². The summed E-state index contributed by atoms with van der Waals surface area (Å²) in [4.78, 5) is 0. The molecule has 0 radical (unpaired) electrons. The number of hydrogen-bond donors (Lipinski definition) is 2. The molecule has 2 N–H and O–H groups in total. The molecule has 4 nitrogen and oxygen atoms in total. The van der Waals surface area contributed by atoms with E-state index in [0.717, 1.165) is 25.9 Å². The van der Waals surface area contributed by atoms with Crippen LogP contribution in [0.3, 0.4) is 0 Å². The van der Waals surface area contributed by atoms with Gasteiger partial charge in [-0.15, -0.1) is 0 Å². The van der Waals surface area contributed by atoms with E-state index in [0.29, 0.717) is 12.1 Å². The summed E-state index contributed by atoms with van der Waals surface area (Å²) < 4.78 is 39.5. The van der Waals surface area contributed by atoms with Crippen molar-refractivity contribution >= 4 is 10.0 Å². The molecule has 1 aliphatic heterocycles. The van der Waals surface area contributed by atoms with Crippen LogP contribution in [0.15, 0.2) is 24.3 Å². The molecule has 1 aliphatic rings. The number of nitrogens with one attached hydrogen (secondary N) is 2. The minimum absolute atomic E-state index is 0.0336. The molecule has 112 valence electrons. The van der Waals surface area contributed by atoms with Gasteiger partial charge in [0.1, 0.15) is 5.82 Å². The van der Waals surface area contributed by atoms with E-state index >= 15 is 0 Å². The molecule has 0 spiro atoms. The zero-order valence-corrected chi connectivity index (χ0v) is 12.5. The first-order valence-electron chi connectivity index (χ1n) is 6.81. The van der Waals surface area contributed by atoms with E-state index in [2.05, 4.69) is 17.0 Å². The lowest BCUT2D eigenvalue weighted by atomic mass is 9.83. The monoisotopic (exact) mass is 300 g/mol. The van der Waals surface area contributed by atoms with Crippen molar-refractivity contribution in [3.8, 4) is 0 Å². The van der Waals surface area contributed by atoms with E-state index in [9.17, 15) is 12.8 Å². The molecule has 6 heteroatoms. The summed E-state index contributed by atoms with van der Waals surface area (Å²) in [6.07, 6.45) is 2.08. The van der Waals surface area contributed by atoms with E-state index in [4.69, 9.17) is 0 Å². The lowest BCUT2D eigenvalue weighted by molar-refractivity contribution is 0.238. The summed E-state index contributed by atoms with van der Waals surface area (Å²) in [5, 5.41) is 3.29. The van der Waals surface area contributed by atoms with Gasteiger partial charge in [0.25, 0.3) is 0 Å². The van der Waals surface area contributed by atoms with Gasteiger partial charge in [0.05, 0.1) is 5.75 Å². The van der Waals surface area contributed by atoms with E-state index in [1.807, 2.05) is 0 Å². The molecule has 20 heavy (non-hydrogen) atoms. The Bertz CT molecular complexity index is 537. The Kier molecular flexibility index (Phi) is 4.78. The van der Waals surface area contributed by atoms with Crippen molar-refractivity contribution in [2.75, 3.05) is 19.6 Å². The number of piperidine rings is 1. The summed E-state index contributed by atoms with van der Waals surface area (Å²) in [7, 11) is -3.39. The number of halogens is 1. The first kappa shape index (κ1) is 15.4. The van der Waals surface area contributed by atoms with Gasteiger partial charge in [-0.25, -0.2) is 17.5 Å². The standard InChI is InChI=1S/C14H21FN2O2S/c1-14(7-2-8-16-10-14)11-17-20(18,19)9-12-3-5-13(15)6-4-12/h3-6,16-17H,2,7-11H2,1H3. The van der Waals surface area contributed by atoms with Crippen LogP contribution in [0.2, 0.25) is 0 Å². The first-order valence-corrected chi connectivity index (χ1v) is 8.46. The van der Waals surface area contributed by atoms with E-state index in [1.54, 1.807) is 0 Å². The molecular weight excluding hydrogens is 279 g/mol. The van der Waals surface area contributed by atoms with Crippen LogP contribution in [0.25, 0.3) is 0 Å². The van der Waals surface area contributed by atoms with Crippen molar-refractivity contribution in [3.05, 3.63) is 35.6 Å². The largest absolute Gasteiger partial charge is 0.316 e. The second-order valence-corrected chi connectivity index (χ2v) is 7.60. The van der Waals surface area contributed by atoms with Crippen molar-refractivity contribution in [2.45, 2.75) is 25.5 Å². The van der Waals surface area contributed by atoms with Gasteiger partial charge in [0.2, 0.25) is 10.0 Å². The lowest BCUT2D eigenvalue weighted by Crippen LogP contribution is -2.45. The minimum Gasteiger partial charge on any atom is -0.316 e. The van der Waals surface area contributed by atoms with Crippen LogP contribution in [0.1, 0.15) is 25.3 Å². The molecule has 0 saturated carbocycles. The third-order valence-corrected chi connectivity index (χ3v) is 4.97. The fourth-order valence-corrected chi connectivity index (χ4v) is 3.71. The molecule has 0 amide bonds. The number of sulfonamides is 1. The van der Waals surface area contributed by atoms with Crippen LogP contribution in [-0.4, -0.2) is 28.1 Å². The van der Waals surface area contributed by atoms with Gasteiger partial charge in [-0.2, -0.15) is 0 Å². The maximum absolute atomic E-state index is 12.8. The van der Waals surface area contributed by atoms with Crippen LogP contribution in [0, 0.1) is 11.2 Å². The SMILES string of the molecule is CC1(CNS(=O)(=O)Cc2ccc(F)cc2)CCCNC1. The van der Waals surface area contributed by atoms with Gasteiger partial charge >= 0.3 is 0 Å². The zero-order valence-electron chi connectivity index (χ0n) is 11.7. The quantitative estimate of drug-likeness (QED) is 0.869. The Morgan fingerprint density at radius 3 is 2.65 bits per heavy atom. The molecule has 1 atom stereocenters. The average Bonchev–Trinajstić information content (AvgIpc) is 2.40. The predicted molar refractivity (Wildman–Crippen MR) is 77.2 cm³/mol. The molecule has 1 fully saturated rings. The molecular formula is C14H21FN2O2S.